The topological polar surface area (TPSA) is 4.93 Å². The zero-order valence-electron chi connectivity index (χ0n) is 10.5. The average Bonchev–Trinajstić information content (AvgIpc) is 2.61. The van der Waals surface area contributed by atoms with Crippen molar-refractivity contribution < 1.29 is 0 Å². The Morgan fingerprint density at radius 2 is 1.62 bits per heavy atom. The lowest BCUT2D eigenvalue weighted by atomic mass is 9.89. The van der Waals surface area contributed by atoms with Crippen LogP contribution >= 0.6 is 0 Å². The van der Waals surface area contributed by atoms with Crippen molar-refractivity contribution in [2.24, 2.45) is 7.05 Å². The van der Waals surface area contributed by atoms with Crippen LogP contribution in [-0.4, -0.2) is 4.57 Å². The Morgan fingerprint density at radius 1 is 1.00 bits per heavy atom. The van der Waals surface area contributed by atoms with Gasteiger partial charge in [0.1, 0.15) is 0 Å². The van der Waals surface area contributed by atoms with Crippen molar-refractivity contribution in [3.05, 3.63) is 48.2 Å². The maximum Gasteiger partial charge on any atom is 0.0480 e. The van der Waals surface area contributed by atoms with Crippen molar-refractivity contribution in [1.82, 2.24) is 4.57 Å². The van der Waals surface area contributed by atoms with Gasteiger partial charge in [-0.15, -0.1) is 0 Å². The van der Waals surface area contributed by atoms with E-state index in [1.165, 1.54) is 16.8 Å². The molecule has 0 aliphatic heterocycles. The van der Waals surface area contributed by atoms with Crippen LogP contribution in [0, 0.1) is 0 Å². The normalized spacial score (nSPS) is 11.8. The van der Waals surface area contributed by atoms with Crippen LogP contribution in [0.5, 0.6) is 0 Å². The first-order valence-corrected chi connectivity index (χ1v) is 5.71. The number of hydrogen-bond donors (Lipinski definition) is 0. The van der Waals surface area contributed by atoms with Crippen LogP contribution < -0.4 is 0 Å². The highest BCUT2D eigenvalue weighted by Crippen LogP contribution is 2.28. The summed E-state index contributed by atoms with van der Waals surface area (Å²) in [7, 11) is 2.11. The van der Waals surface area contributed by atoms with Crippen LogP contribution in [-0.2, 0) is 12.5 Å². The minimum atomic E-state index is 0.213. The molecule has 1 aromatic heterocycles. The number of benzene rings is 1. The largest absolute Gasteiger partial charge is 0.350 e. The number of aryl methyl sites for hydroxylation is 1. The van der Waals surface area contributed by atoms with Crippen molar-refractivity contribution in [3.63, 3.8) is 0 Å². The van der Waals surface area contributed by atoms with E-state index in [1.807, 2.05) is 0 Å². The molecule has 2 aromatic rings. The van der Waals surface area contributed by atoms with E-state index >= 15 is 0 Å². The van der Waals surface area contributed by atoms with Crippen molar-refractivity contribution >= 4 is 0 Å². The van der Waals surface area contributed by atoms with E-state index in [0.717, 1.165) is 0 Å². The summed E-state index contributed by atoms with van der Waals surface area (Å²) in [5, 5.41) is 0. The molecule has 0 fully saturated rings. The predicted molar refractivity (Wildman–Crippen MR) is 69.5 cm³/mol. The molecule has 1 heteroatoms. The Balaban J connectivity index is 2.48. The molecule has 0 radical (unpaired) electrons. The van der Waals surface area contributed by atoms with E-state index in [0.29, 0.717) is 0 Å². The number of aromatic nitrogens is 1. The molecule has 0 unspecified atom stereocenters. The minimum Gasteiger partial charge on any atom is -0.350 e. The lowest BCUT2D eigenvalue weighted by Crippen LogP contribution is -2.09. The summed E-state index contributed by atoms with van der Waals surface area (Å²) in [4.78, 5) is 0. The van der Waals surface area contributed by atoms with Crippen molar-refractivity contribution in [2.45, 2.75) is 26.2 Å². The molecule has 1 nitrogen and oxygen atoms in total. The van der Waals surface area contributed by atoms with Gasteiger partial charge in [-0.3, -0.25) is 0 Å². The smallest absolute Gasteiger partial charge is 0.0480 e. The molecule has 0 atom stereocenters. The second-order valence-electron chi connectivity index (χ2n) is 5.34. The van der Waals surface area contributed by atoms with E-state index in [1.54, 1.807) is 0 Å². The van der Waals surface area contributed by atoms with Gasteiger partial charge in [-0.25, -0.2) is 0 Å². The van der Waals surface area contributed by atoms with Crippen LogP contribution in [0.3, 0.4) is 0 Å². The zero-order chi connectivity index (χ0) is 11.8. The standard InChI is InChI=1S/C15H19N/c1-15(2,3)13-10-14(16(4)11-13)12-8-6-5-7-9-12/h5-11H,1-4H3. The highest BCUT2D eigenvalue weighted by Gasteiger charge is 2.17. The Labute approximate surface area is 97.7 Å². The molecule has 0 amide bonds. The van der Waals surface area contributed by atoms with Crippen molar-refractivity contribution in [3.8, 4) is 11.3 Å². The summed E-state index contributed by atoms with van der Waals surface area (Å²) in [6.45, 7) is 6.74. The maximum absolute atomic E-state index is 2.29. The van der Waals surface area contributed by atoms with Gasteiger partial charge in [0.05, 0.1) is 0 Å². The fourth-order valence-electron chi connectivity index (χ4n) is 1.87. The lowest BCUT2D eigenvalue weighted by Gasteiger charge is -2.15. The minimum absolute atomic E-state index is 0.213. The summed E-state index contributed by atoms with van der Waals surface area (Å²) in [6.07, 6.45) is 2.22. The second kappa shape index (κ2) is 3.82. The SMILES string of the molecule is Cn1cc(C(C)(C)C)cc1-c1ccccc1. The molecule has 1 heterocycles. The van der Waals surface area contributed by atoms with Gasteiger partial charge in [0.2, 0.25) is 0 Å². The Morgan fingerprint density at radius 3 is 2.12 bits per heavy atom. The fraction of sp³-hybridized carbons (Fsp3) is 0.333. The van der Waals surface area contributed by atoms with E-state index in [9.17, 15) is 0 Å². The molecular weight excluding hydrogens is 194 g/mol. The summed E-state index contributed by atoms with van der Waals surface area (Å²) in [5.74, 6) is 0. The monoisotopic (exact) mass is 213 g/mol. The van der Waals surface area contributed by atoms with Gasteiger partial charge in [0, 0.05) is 18.9 Å². The number of hydrogen-bond acceptors (Lipinski definition) is 0. The quantitative estimate of drug-likeness (QED) is 0.675. The van der Waals surface area contributed by atoms with Gasteiger partial charge in [0.25, 0.3) is 0 Å². The maximum atomic E-state index is 2.29. The number of rotatable bonds is 1. The van der Waals surface area contributed by atoms with Crippen LogP contribution in [0.1, 0.15) is 26.3 Å². The summed E-state index contributed by atoms with van der Waals surface area (Å²) < 4.78 is 2.20. The number of nitrogens with zero attached hydrogens (tertiary/aromatic N) is 1. The van der Waals surface area contributed by atoms with Gasteiger partial charge < -0.3 is 4.57 Å². The molecule has 0 saturated heterocycles. The molecule has 0 N–H and O–H groups in total. The van der Waals surface area contributed by atoms with Crippen LogP contribution in [0.15, 0.2) is 42.6 Å². The summed E-state index contributed by atoms with van der Waals surface area (Å²) in [6, 6.07) is 12.8. The predicted octanol–water partition coefficient (Wildman–Crippen LogP) is 3.99. The molecule has 0 spiro atoms. The summed E-state index contributed by atoms with van der Waals surface area (Å²) in [5.41, 5.74) is 4.16. The fourth-order valence-corrected chi connectivity index (χ4v) is 1.87. The third-order valence-corrected chi connectivity index (χ3v) is 2.94. The van der Waals surface area contributed by atoms with Crippen LogP contribution in [0.4, 0.5) is 0 Å². The van der Waals surface area contributed by atoms with E-state index in [4.69, 9.17) is 0 Å². The molecule has 2 rings (SSSR count). The molecular formula is C15H19N. The molecule has 16 heavy (non-hydrogen) atoms. The first-order chi connectivity index (χ1) is 7.48. The molecule has 0 aliphatic carbocycles. The molecule has 84 valence electrons. The van der Waals surface area contributed by atoms with E-state index in [2.05, 4.69) is 75.0 Å². The molecule has 0 saturated carbocycles. The third kappa shape index (κ3) is 2.04. The first kappa shape index (κ1) is 11.0. The van der Waals surface area contributed by atoms with E-state index in [-0.39, 0.29) is 5.41 Å². The van der Waals surface area contributed by atoms with Gasteiger partial charge in [0.15, 0.2) is 0 Å². The van der Waals surface area contributed by atoms with Gasteiger partial charge in [-0.1, -0.05) is 51.1 Å². The Bertz CT molecular complexity index is 472. The second-order valence-corrected chi connectivity index (χ2v) is 5.34. The Hall–Kier alpha value is -1.50. The van der Waals surface area contributed by atoms with E-state index < -0.39 is 0 Å². The molecule has 1 aromatic carbocycles. The lowest BCUT2D eigenvalue weighted by molar-refractivity contribution is 0.589. The van der Waals surface area contributed by atoms with Gasteiger partial charge >= 0.3 is 0 Å². The van der Waals surface area contributed by atoms with Crippen LogP contribution in [0.25, 0.3) is 11.3 Å². The van der Waals surface area contributed by atoms with Gasteiger partial charge in [-0.2, -0.15) is 0 Å². The third-order valence-electron chi connectivity index (χ3n) is 2.94. The van der Waals surface area contributed by atoms with Crippen molar-refractivity contribution in [2.75, 3.05) is 0 Å². The highest BCUT2D eigenvalue weighted by atomic mass is 14.9. The van der Waals surface area contributed by atoms with Crippen molar-refractivity contribution in [1.29, 1.82) is 0 Å². The Kier molecular flexibility index (Phi) is 2.63. The highest BCUT2D eigenvalue weighted by molar-refractivity contribution is 5.61. The van der Waals surface area contributed by atoms with Crippen LogP contribution in [0.2, 0.25) is 0 Å². The first-order valence-electron chi connectivity index (χ1n) is 5.71. The zero-order valence-corrected chi connectivity index (χ0v) is 10.5. The average molecular weight is 213 g/mol. The van der Waals surface area contributed by atoms with Gasteiger partial charge in [-0.05, 0) is 22.6 Å². The molecule has 0 aliphatic rings. The molecule has 0 bridgehead atoms. The summed E-state index contributed by atoms with van der Waals surface area (Å²) >= 11 is 0.